The first-order valence-electron chi connectivity index (χ1n) is 8.32. The van der Waals surface area contributed by atoms with Crippen LogP contribution in [0.15, 0.2) is 24.3 Å². The highest BCUT2D eigenvalue weighted by atomic mass is 16.6. The average molecular weight is 343 g/mol. The van der Waals surface area contributed by atoms with E-state index in [2.05, 4.69) is 6.07 Å². The van der Waals surface area contributed by atoms with Crippen molar-refractivity contribution in [3.63, 3.8) is 0 Å². The van der Waals surface area contributed by atoms with Crippen LogP contribution in [0.4, 0.5) is 10.5 Å². The van der Waals surface area contributed by atoms with Crippen LogP contribution in [0.3, 0.4) is 0 Å². The molecule has 7 nitrogen and oxygen atoms in total. The smallest absolute Gasteiger partial charge is 0.410 e. The van der Waals surface area contributed by atoms with Crippen molar-refractivity contribution in [3.8, 4) is 6.07 Å². The number of hydrogen-bond donors (Lipinski definition) is 0. The summed E-state index contributed by atoms with van der Waals surface area (Å²) in [5, 5.41) is 20.5. The zero-order valence-electron chi connectivity index (χ0n) is 14.6. The molecule has 7 heteroatoms. The maximum absolute atomic E-state index is 12.6. The molecule has 2 atom stereocenters. The highest BCUT2D eigenvalue weighted by Crippen LogP contribution is 2.58. The first-order valence-corrected chi connectivity index (χ1v) is 8.32. The molecule has 1 aromatic carbocycles. The topological polar surface area (TPSA) is 96.5 Å². The SMILES string of the molecule is CC(C)(C)OC(=O)N1C[C@@H](c2ccc([N+](=O)[O-])cc2)[C@H](C#N)C12CC2. The van der Waals surface area contributed by atoms with Crippen molar-refractivity contribution in [1.29, 1.82) is 5.26 Å². The molecule has 0 unspecified atom stereocenters. The van der Waals surface area contributed by atoms with E-state index in [4.69, 9.17) is 4.74 Å². The van der Waals surface area contributed by atoms with Gasteiger partial charge in [0.05, 0.1) is 22.4 Å². The van der Waals surface area contributed by atoms with Crippen molar-refractivity contribution in [2.45, 2.75) is 50.7 Å². The van der Waals surface area contributed by atoms with Crippen molar-refractivity contribution in [1.82, 2.24) is 4.90 Å². The summed E-state index contributed by atoms with van der Waals surface area (Å²) < 4.78 is 5.51. The summed E-state index contributed by atoms with van der Waals surface area (Å²) >= 11 is 0. The molecule has 25 heavy (non-hydrogen) atoms. The molecule has 1 heterocycles. The third-order valence-corrected chi connectivity index (χ3v) is 4.95. The highest BCUT2D eigenvalue weighted by molar-refractivity contribution is 5.71. The van der Waals surface area contributed by atoms with E-state index in [1.165, 1.54) is 12.1 Å². The second-order valence-electron chi connectivity index (χ2n) is 7.76. The summed E-state index contributed by atoms with van der Waals surface area (Å²) in [6.45, 7) is 5.84. The van der Waals surface area contributed by atoms with Crippen LogP contribution >= 0.6 is 0 Å². The highest BCUT2D eigenvalue weighted by Gasteiger charge is 2.64. The van der Waals surface area contributed by atoms with E-state index in [1.54, 1.807) is 17.0 Å². The fraction of sp³-hybridized carbons (Fsp3) is 0.556. The molecule has 1 saturated carbocycles. The predicted molar refractivity (Wildman–Crippen MR) is 89.8 cm³/mol. The van der Waals surface area contributed by atoms with E-state index < -0.39 is 22.2 Å². The molecule has 2 fully saturated rings. The van der Waals surface area contributed by atoms with Crippen LogP contribution in [-0.4, -0.2) is 33.6 Å². The van der Waals surface area contributed by atoms with E-state index in [0.717, 1.165) is 18.4 Å². The minimum absolute atomic E-state index is 0.0142. The number of carbonyl (C=O) groups excluding carboxylic acids is 1. The lowest BCUT2D eigenvalue weighted by Gasteiger charge is -2.29. The molecular formula is C18H21N3O4. The van der Waals surface area contributed by atoms with Crippen LogP contribution in [0.5, 0.6) is 0 Å². The maximum Gasteiger partial charge on any atom is 0.410 e. The van der Waals surface area contributed by atoms with Gasteiger partial charge >= 0.3 is 6.09 Å². The zero-order valence-corrected chi connectivity index (χ0v) is 14.6. The molecule has 1 amide bonds. The van der Waals surface area contributed by atoms with Gasteiger partial charge in [-0.25, -0.2) is 4.79 Å². The van der Waals surface area contributed by atoms with Crippen molar-refractivity contribution in [3.05, 3.63) is 39.9 Å². The van der Waals surface area contributed by atoms with E-state index in [-0.39, 0.29) is 17.5 Å². The molecule has 132 valence electrons. The molecule has 1 aliphatic heterocycles. The van der Waals surface area contributed by atoms with Gasteiger partial charge in [-0.05, 0) is 39.2 Å². The number of benzene rings is 1. The van der Waals surface area contributed by atoms with Crippen LogP contribution in [0, 0.1) is 27.4 Å². The van der Waals surface area contributed by atoms with Crippen molar-refractivity contribution >= 4 is 11.8 Å². The Bertz CT molecular complexity index is 741. The van der Waals surface area contributed by atoms with Gasteiger partial charge in [-0.15, -0.1) is 0 Å². The van der Waals surface area contributed by atoms with Gasteiger partial charge in [0.15, 0.2) is 0 Å². The van der Waals surface area contributed by atoms with Crippen LogP contribution < -0.4 is 0 Å². The first-order chi connectivity index (χ1) is 11.7. The van der Waals surface area contributed by atoms with Gasteiger partial charge in [-0.2, -0.15) is 5.26 Å². The van der Waals surface area contributed by atoms with Gasteiger partial charge in [0, 0.05) is 24.6 Å². The molecule has 0 radical (unpaired) electrons. The Morgan fingerprint density at radius 3 is 2.40 bits per heavy atom. The number of likely N-dealkylation sites (tertiary alicyclic amines) is 1. The average Bonchev–Trinajstić information content (AvgIpc) is 3.22. The standard InChI is InChI=1S/C18H21N3O4/c1-17(2,3)25-16(22)20-11-14(15(10-19)18(20)8-9-18)12-4-6-13(7-5-12)21(23)24/h4-7,14-15H,8-9,11H2,1-3H3/t14-,15-/m0/s1. The van der Waals surface area contributed by atoms with Crippen LogP contribution in [-0.2, 0) is 4.74 Å². The molecule has 0 N–H and O–H groups in total. The molecule has 1 saturated heterocycles. The van der Waals surface area contributed by atoms with E-state index in [0.29, 0.717) is 6.54 Å². The zero-order chi connectivity index (χ0) is 18.4. The summed E-state index contributed by atoms with van der Waals surface area (Å²) in [4.78, 5) is 24.7. The van der Waals surface area contributed by atoms with Gasteiger partial charge in [0.2, 0.25) is 0 Å². The van der Waals surface area contributed by atoms with Crippen molar-refractivity contribution < 1.29 is 14.5 Å². The lowest BCUT2D eigenvalue weighted by molar-refractivity contribution is -0.384. The van der Waals surface area contributed by atoms with Gasteiger partial charge in [-0.3, -0.25) is 10.1 Å². The third kappa shape index (κ3) is 3.04. The minimum atomic E-state index is -0.596. The molecule has 1 aromatic rings. The Morgan fingerprint density at radius 2 is 1.96 bits per heavy atom. The summed E-state index contributed by atoms with van der Waals surface area (Å²) in [5.74, 6) is -0.498. The Morgan fingerprint density at radius 1 is 1.36 bits per heavy atom. The Balaban J connectivity index is 1.88. The minimum Gasteiger partial charge on any atom is -0.444 e. The van der Waals surface area contributed by atoms with E-state index >= 15 is 0 Å². The quantitative estimate of drug-likeness (QED) is 0.604. The normalized spacial score (nSPS) is 24.0. The van der Waals surface area contributed by atoms with Crippen LogP contribution in [0.1, 0.15) is 45.1 Å². The number of amides is 1. The number of nitro benzene ring substituents is 1. The van der Waals surface area contributed by atoms with Gasteiger partial charge < -0.3 is 9.64 Å². The molecule has 2 aliphatic rings. The lowest BCUT2D eigenvalue weighted by atomic mass is 9.85. The summed E-state index contributed by atoms with van der Waals surface area (Å²) in [6.07, 6.45) is 1.18. The number of non-ortho nitro benzene ring substituents is 1. The Labute approximate surface area is 146 Å². The number of carbonyl (C=O) groups is 1. The van der Waals surface area contributed by atoms with Gasteiger partial charge in [-0.1, -0.05) is 12.1 Å². The molecule has 3 rings (SSSR count). The fourth-order valence-corrected chi connectivity index (χ4v) is 3.66. The Kier molecular flexibility index (Phi) is 3.94. The van der Waals surface area contributed by atoms with Crippen LogP contribution in [0.25, 0.3) is 0 Å². The monoisotopic (exact) mass is 343 g/mol. The Hall–Kier alpha value is -2.62. The molecule has 0 aromatic heterocycles. The number of nitro groups is 1. The number of ether oxygens (including phenoxy) is 1. The summed E-state index contributed by atoms with van der Waals surface area (Å²) in [7, 11) is 0. The number of hydrogen-bond acceptors (Lipinski definition) is 5. The van der Waals surface area contributed by atoms with Gasteiger partial charge in [0.1, 0.15) is 5.60 Å². The largest absolute Gasteiger partial charge is 0.444 e. The molecule has 0 bridgehead atoms. The summed E-state index contributed by atoms with van der Waals surface area (Å²) in [6, 6.07) is 8.62. The van der Waals surface area contributed by atoms with E-state index in [1.807, 2.05) is 20.8 Å². The molecule has 1 aliphatic carbocycles. The van der Waals surface area contributed by atoms with E-state index in [9.17, 15) is 20.2 Å². The van der Waals surface area contributed by atoms with Crippen molar-refractivity contribution in [2.75, 3.05) is 6.54 Å². The fourth-order valence-electron chi connectivity index (χ4n) is 3.66. The number of nitrogens with zero attached hydrogens (tertiary/aromatic N) is 3. The first kappa shape index (κ1) is 17.2. The lowest BCUT2D eigenvalue weighted by Crippen LogP contribution is -2.42. The predicted octanol–water partition coefficient (Wildman–Crippen LogP) is 3.60. The number of nitriles is 1. The number of rotatable bonds is 2. The molecular weight excluding hydrogens is 322 g/mol. The van der Waals surface area contributed by atoms with Crippen molar-refractivity contribution in [2.24, 2.45) is 5.92 Å². The van der Waals surface area contributed by atoms with Crippen LogP contribution in [0.2, 0.25) is 0 Å². The van der Waals surface area contributed by atoms with Gasteiger partial charge in [0.25, 0.3) is 5.69 Å². The second-order valence-corrected chi connectivity index (χ2v) is 7.76. The third-order valence-electron chi connectivity index (χ3n) is 4.95. The molecule has 1 spiro atoms. The maximum atomic E-state index is 12.6. The summed E-state index contributed by atoms with van der Waals surface area (Å²) in [5.41, 5.74) is -0.195. The second kappa shape index (κ2) is 5.73.